The molecule has 0 saturated carbocycles. The lowest BCUT2D eigenvalue weighted by Gasteiger charge is -2.17. The van der Waals surface area contributed by atoms with Gasteiger partial charge in [0, 0.05) is 30.4 Å². The summed E-state index contributed by atoms with van der Waals surface area (Å²) < 4.78 is 13.6. The van der Waals surface area contributed by atoms with Crippen molar-refractivity contribution in [3.63, 3.8) is 0 Å². The van der Waals surface area contributed by atoms with E-state index < -0.39 is 11.7 Å². The van der Waals surface area contributed by atoms with Crippen molar-refractivity contribution in [2.45, 2.75) is 20.3 Å². The first kappa shape index (κ1) is 15.9. The molecule has 2 amide bonds. The Morgan fingerprint density at radius 2 is 2.05 bits per heavy atom. The van der Waals surface area contributed by atoms with Crippen LogP contribution in [0.1, 0.15) is 29.3 Å². The summed E-state index contributed by atoms with van der Waals surface area (Å²) in [6.45, 7) is 3.97. The predicted octanol–water partition coefficient (Wildman–Crippen LogP) is 1.31. The maximum Gasteiger partial charge on any atom is 0.254 e. The Morgan fingerprint density at radius 3 is 2.60 bits per heavy atom. The summed E-state index contributed by atoms with van der Waals surface area (Å²) in [5, 5.41) is 2.67. The SMILES string of the molecule is CCCNC(=O)CN(C)C(=O)c1cc(N)c(C)c(F)c1. The van der Waals surface area contributed by atoms with Crippen molar-refractivity contribution in [3.05, 3.63) is 29.1 Å². The molecule has 0 fully saturated rings. The van der Waals surface area contributed by atoms with E-state index in [9.17, 15) is 14.0 Å². The molecule has 0 atom stereocenters. The fraction of sp³-hybridized carbons (Fsp3) is 0.429. The molecule has 0 saturated heterocycles. The molecule has 0 aliphatic heterocycles. The number of likely N-dealkylation sites (N-methyl/N-ethyl adjacent to an activating group) is 1. The number of rotatable bonds is 5. The van der Waals surface area contributed by atoms with Crippen molar-refractivity contribution < 1.29 is 14.0 Å². The van der Waals surface area contributed by atoms with Gasteiger partial charge in [-0.1, -0.05) is 6.92 Å². The molecule has 0 spiro atoms. The van der Waals surface area contributed by atoms with Crippen molar-refractivity contribution in [3.8, 4) is 0 Å². The highest BCUT2D eigenvalue weighted by atomic mass is 19.1. The normalized spacial score (nSPS) is 10.2. The molecule has 1 rings (SSSR count). The lowest BCUT2D eigenvalue weighted by molar-refractivity contribution is -0.121. The summed E-state index contributed by atoms with van der Waals surface area (Å²) in [4.78, 5) is 24.9. The first-order valence-electron chi connectivity index (χ1n) is 6.44. The molecular weight excluding hydrogens is 261 g/mol. The summed E-state index contributed by atoms with van der Waals surface area (Å²) in [6.07, 6.45) is 0.823. The number of nitrogens with two attached hydrogens (primary N) is 1. The fourth-order valence-corrected chi connectivity index (χ4v) is 1.65. The van der Waals surface area contributed by atoms with E-state index in [-0.39, 0.29) is 23.7 Å². The van der Waals surface area contributed by atoms with Crippen molar-refractivity contribution in [1.82, 2.24) is 10.2 Å². The van der Waals surface area contributed by atoms with Crippen LogP contribution in [0.15, 0.2) is 12.1 Å². The Labute approximate surface area is 117 Å². The Morgan fingerprint density at radius 1 is 1.40 bits per heavy atom. The molecule has 1 aromatic carbocycles. The number of benzene rings is 1. The second-order valence-corrected chi connectivity index (χ2v) is 4.68. The van der Waals surface area contributed by atoms with E-state index in [0.29, 0.717) is 12.1 Å². The average molecular weight is 281 g/mol. The predicted molar refractivity (Wildman–Crippen MR) is 75.8 cm³/mol. The Hall–Kier alpha value is -2.11. The van der Waals surface area contributed by atoms with Crippen LogP contribution in [0.4, 0.5) is 10.1 Å². The van der Waals surface area contributed by atoms with E-state index in [2.05, 4.69) is 5.32 Å². The van der Waals surface area contributed by atoms with Crippen LogP contribution in [-0.4, -0.2) is 36.9 Å². The van der Waals surface area contributed by atoms with Gasteiger partial charge >= 0.3 is 0 Å². The Kier molecular flexibility index (Phi) is 5.49. The topological polar surface area (TPSA) is 75.4 Å². The van der Waals surface area contributed by atoms with Gasteiger partial charge in [0.05, 0.1) is 6.54 Å². The molecule has 1 aromatic rings. The Bertz CT molecular complexity index is 494. The number of hydrogen-bond acceptors (Lipinski definition) is 3. The maximum absolute atomic E-state index is 13.6. The monoisotopic (exact) mass is 281 g/mol. The molecule has 0 aliphatic rings. The number of nitrogens with zero attached hydrogens (tertiary/aromatic N) is 1. The second-order valence-electron chi connectivity index (χ2n) is 4.68. The number of hydrogen-bond donors (Lipinski definition) is 2. The van der Waals surface area contributed by atoms with Gasteiger partial charge in [-0.05, 0) is 25.5 Å². The van der Waals surface area contributed by atoms with Crippen LogP contribution in [0.3, 0.4) is 0 Å². The lowest BCUT2D eigenvalue weighted by Crippen LogP contribution is -2.38. The quantitative estimate of drug-likeness (QED) is 0.799. The van der Waals surface area contributed by atoms with Crippen molar-refractivity contribution >= 4 is 17.5 Å². The van der Waals surface area contributed by atoms with Gasteiger partial charge < -0.3 is 16.0 Å². The first-order valence-corrected chi connectivity index (χ1v) is 6.44. The second kappa shape index (κ2) is 6.88. The van der Waals surface area contributed by atoms with Crippen LogP contribution in [0, 0.1) is 12.7 Å². The van der Waals surface area contributed by atoms with Gasteiger partial charge in [0.25, 0.3) is 5.91 Å². The van der Waals surface area contributed by atoms with Crippen LogP contribution >= 0.6 is 0 Å². The van der Waals surface area contributed by atoms with Gasteiger partial charge in [-0.25, -0.2) is 4.39 Å². The highest BCUT2D eigenvalue weighted by Gasteiger charge is 2.17. The van der Waals surface area contributed by atoms with E-state index >= 15 is 0 Å². The third-order valence-electron chi connectivity index (χ3n) is 2.93. The number of amides is 2. The number of carbonyl (C=O) groups is 2. The smallest absolute Gasteiger partial charge is 0.254 e. The van der Waals surface area contributed by atoms with Gasteiger partial charge in [0.15, 0.2) is 0 Å². The third kappa shape index (κ3) is 3.94. The minimum Gasteiger partial charge on any atom is -0.398 e. The summed E-state index contributed by atoms with van der Waals surface area (Å²) >= 11 is 0. The molecule has 0 unspecified atom stereocenters. The van der Waals surface area contributed by atoms with Crippen LogP contribution in [-0.2, 0) is 4.79 Å². The van der Waals surface area contributed by atoms with Gasteiger partial charge in [0.2, 0.25) is 5.91 Å². The fourth-order valence-electron chi connectivity index (χ4n) is 1.65. The summed E-state index contributed by atoms with van der Waals surface area (Å²) in [6, 6.07) is 2.55. The van der Waals surface area contributed by atoms with E-state index in [1.165, 1.54) is 18.0 Å². The van der Waals surface area contributed by atoms with E-state index in [1.54, 1.807) is 6.92 Å². The average Bonchev–Trinajstić information content (AvgIpc) is 2.40. The van der Waals surface area contributed by atoms with E-state index in [4.69, 9.17) is 5.73 Å². The zero-order valence-electron chi connectivity index (χ0n) is 12.0. The summed E-state index contributed by atoms with van der Waals surface area (Å²) in [5.41, 5.74) is 6.30. The largest absolute Gasteiger partial charge is 0.398 e. The summed E-state index contributed by atoms with van der Waals surface area (Å²) in [5.74, 6) is -1.22. The number of nitrogen functional groups attached to an aromatic ring is 1. The van der Waals surface area contributed by atoms with E-state index in [0.717, 1.165) is 12.5 Å². The molecule has 3 N–H and O–H groups in total. The number of carbonyl (C=O) groups excluding carboxylic acids is 2. The van der Waals surface area contributed by atoms with Crippen molar-refractivity contribution in [1.29, 1.82) is 0 Å². The zero-order chi connectivity index (χ0) is 15.3. The third-order valence-corrected chi connectivity index (χ3v) is 2.93. The minimum atomic E-state index is -0.530. The van der Waals surface area contributed by atoms with Gasteiger partial charge in [-0.15, -0.1) is 0 Å². The molecule has 0 aliphatic carbocycles. The molecule has 5 nitrogen and oxygen atoms in total. The molecule has 20 heavy (non-hydrogen) atoms. The zero-order valence-corrected chi connectivity index (χ0v) is 12.0. The van der Waals surface area contributed by atoms with Crippen molar-refractivity contribution in [2.24, 2.45) is 0 Å². The first-order chi connectivity index (χ1) is 9.36. The maximum atomic E-state index is 13.6. The van der Waals surface area contributed by atoms with Crippen LogP contribution in [0.5, 0.6) is 0 Å². The molecular formula is C14H20FN3O2. The molecule has 0 heterocycles. The minimum absolute atomic E-state index is 0.0752. The van der Waals surface area contributed by atoms with Crippen LogP contribution in [0.25, 0.3) is 0 Å². The van der Waals surface area contributed by atoms with Gasteiger partial charge in [-0.2, -0.15) is 0 Å². The highest BCUT2D eigenvalue weighted by Crippen LogP contribution is 2.18. The van der Waals surface area contributed by atoms with Gasteiger partial charge in [0.1, 0.15) is 5.82 Å². The molecule has 110 valence electrons. The summed E-state index contributed by atoms with van der Waals surface area (Å²) in [7, 11) is 1.49. The van der Waals surface area contributed by atoms with Crippen LogP contribution in [0.2, 0.25) is 0 Å². The van der Waals surface area contributed by atoms with Crippen molar-refractivity contribution in [2.75, 3.05) is 25.9 Å². The van der Waals surface area contributed by atoms with E-state index in [1.807, 2.05) is 6.92 Å². The molecule has 0 bridgehead atoms. The van der Waals surface area contributed by atoms with Crippen LogP contribution < -0.4 is 11.1 Å². The lowest BCUT2D eigenvalue weighted by atomic mass is 10.1. The number of anilines is 1. The number of halogens is 1. The van der Waals surface area contributed by atoms with Gasteiger partial charge in [-0.3, -0.25) is 9.59 Å². The molecule has 0 radical (unpaired) electrons. The molecule has 0 aromatic heterocycles. The standard InChI is InChI=1S/C14H20FN3O2/c1-4-5-17-13(19)8-18(3)14(20)10-6-11(15)9(2)12(16)7-10/h6-7H,4-5,8,16H2,1-3H3,(H,17,19). The highest BCUT2D eigenvalue weighted by molar-refractivity contribution is 5.97. The molecule has 6 heteroatoms. The number of nitrogens with one attached hydrogen (secondary N) is 1. The Balaban J connectivity index is 2.77.